The predicted octanol–water partition coefficient (Wildman–Crippen LogP) is 14.2. The number of imidazole rings is 1. The molecule has 7 heteroatoms. The van der Waals surface area contributed by atoms with Gasteiger partial charge in [-0.05, 0) is 88.3 Å². The number of furan rings is 1. The van der Waals surface area contributed by atoms with E-state index in [0.717, 1.165) is 55.7 Å². The standard InChI is InChI=1S/C37H32N3O.C17H22NSi.Ir/c1-22(2)30-20-26(25-12-7-6-8-13-25)21-31(23(3)4)34(30)40-33-17-10-9-16-32(33)39-36(40)29-15-11-14-27-28-19-18-24(5)38-37(28)41-35(27)29;1-13(2)14-6-8-15(9-7-14)17-11-10-16(12-18-17)19(3,4)5;/h6-14,16-23H,1-5H3;6-8,10-13H,1-5H3;/q2*-1;. The van der Waals surface area contributed by atoms with Crippen LogP contribution in [-0.2, 0) is 20.1 Å². The number of fused-ring (bicyclic) bond motifs is 4. The summed E-state index contributed by atoms with van der Waals surface area (Å²) in [5.41, 5.74) is 14.8. The molecular formula is C54H54IrN4OSi-2. The molecular weight excluding hydrogens is 941 g/mol. The summed E-state index contributed by atoms with van der Waals surface area (Å²) in [6.45, 7) is 22.5. The van der Waals surface area contributed by atoms with Gasteiger partial charge in [0, 0.05) is 43.1 Å². The molecule has 0 aliphatic carbocycles. The molecule has 5 aromatic carbocycles. The molecule has 0 fully saturated rings. The van der Waals surface area contributed by atoms with Crippen molar-refractivity contribution in [3.8, 4) is 39.5 Å². The van der Waals surface area contributed by atoms with E-state index in [0.29, 0.717) is 23.5 Å². The van der Waals surface area contributed by atoms with Gasteiger partial charge in [-0.15, -0.1) is 53.6 Å². The van der Waals surface area contributed by atoms with Gasteiger partial charge in [0.1, 0.15) is 0 Å². The van der Waals surface area contributed by atoms with Crippen LogP contribution < -0.4 is 5.19 Å². The third kappa shape index (κ3) is 8.83. The molecule has 0 aliphatic heterocycles. The summed E-state index contributed by atoms with van der Waals surface area (Å²) in [5.74, 6) is 1.95. The number of hydrogen-bond acceptors (Lipinski definition) is 4. The molecule has 5 nitrogen and oxygen atoms in total. The molecule has 4 aromatic heterocycles. The molecule has 0 bridgehead atoms. The second-order valence-corrected chi connectivity index (χ2v) is 22.9. The van der Waals surface area contributed by atoms with Gasteiger partial charge < -0.3 is 14.0 Å². The van der Waals surface area contributed by atoms with Crippen molar-refractivity contribution < 1.29 is 24.5 Å². The fraction of sp³-hybridized carbons (Fsp3) is 0.241. The maximum atomic E-state index is 6.44. The summed E-state index contributed by atoms with van der Waals surface area (Å²) in [4.78, 5) is 14.5. The fourth-order valence-corrected chi connectivity index (χ4v) is 8.90. The second kappa shape index (κ2) is 17.9. The van der Waals surface area contributed by atoms with E-state index in [4.69, 9.17) is 9.40 Å². The minimum atomic E-state index is -1.25. The topological polar surface area (TPSA) is 56.7 Å². The SMILES string of the molecule is CC(C)c1c[c-]c(-c2ccc([Si](C)(C)C)cn2)cc1.Cc1ccc2c(n1)oc1c(-c3nc4ccccc4n3-c3c(C(C)C)cc(-c4ccccc4)cc3C(C)C)[c-]ccc12.[Ir]. The van der Waals surface area contributed by atoms with E-state index in [9.17, 15) is 0 Å². The molecule has 311 valence electrons. The Morgan fingerprint density at radius 3 is 2.00 bits per heavy atom. The van der Waals surface area contributed by atoms with E-state index in [1.807, 2.05) is 31.3 Å². The molecule has 1 radical (unpaired) electrons. The van der Waals surface area contributed by atoms with Crippen LogP contribution in [0, 0.1) is 19.1 Å². The van der Waals surface area contributed by atoms with Crippen molar-refractivity contribution in [2.75, 3.05) is 0 Å². The Hall–Kier alpha value is -5.46. The van der Waals surface area contributed by atoms with Crippen molar-refractivity contribution in [1.82, 2.24) is 19.5 Å². The zero-order valence-corrected chi connectivity index (χ0v) is 40.3. The van der Waals surface area contributed by atoms with E-state index in [1.165, 1.54) is 38.7 Å². The molecule has 0 saturated heterocycles. The summed E-state index contributed by atoms with van der Waals surface area (Å²) in [6.07, 6.45) is 2.03. The zero-order chi connectivity index (χ0) is 42.3. The molecule has 9 aromatic rings. The van der Waals surface area contributed by atoms with Crippen molar-refractivity contribution in [2.24, 2.45) is 0 Å². The summed E-state index contributed by atoms with van der Waals surface area (Å²) < 4.78 is 8.78. The summed E-state index contributed by atoms with van der Waals surface area (Å²) >= 11 is 0. The average Bonchev–Trinajstić information content (AvgIpc) is 3.81. The number of para-hydroxylation sites is 2. The van der Waals surface area contributed by atoms with Crippen LogP contribution in [0.25, 0.3) is 72.6 Å². The van der Waals surface area contributed by atoms with Gasteiger partial charge in [-0.2, -0.15) is 0 Å². The molecule has 4 heterocycles. The summed E-state index contributed by atoms with van der Waals surface area (Å²) in [7, 11) is -1.25. The Morgan fingerprint density at radius 2 is 1.38 bits per heavy atom. The van der Waals surface area contributed by atoms with Gasteiger partial charge in [0.25, 0.3) is 0 Å². The van der Waals surface area contributed by atoms with Gasteiger partial charge in [-0.3, -0.25) is 4.98 Å². The van der Waals surface area contributed by atoms with Crippen LogP contribution in [0.3, 0.4) is 0 Å². The van der Waals surface area contributed by atoms with Crippen LogP contribution in [0.4, 0.5) is 0 Å². The Morgan fingerprint density at radius 1 is 0.672 bits per heavy atom. The Kier molecular flexibility index (Phi) is 12.8. The predicted molar refractivity (Wildman–Crippen MR) is 254 cm³/mol. The van der Waals surface area contributed by atoms with Crippen LogP contribution in [0.2, 0.25) is 19.6 Å². The van der Waals surface area contributed by atoms with Gasteiger partial charge in [0.2, 0.25) is 5.71 Å². The number of aromatic nitrogens is 4. The summed E-state index contributed by atoms with van der Waals surface area (Å²) in [5, 5.41) is 3.42. The maximum absolute atomic E-state index is 6.44. The third-order valence-electron chi connectivity index (χ3n) is 11.4. The largest absolute Gasteiger partial charge is 0.486 e. The van der Waals surface area contributed by atoms with E-state index < -0.39 is 8.07 Å². The molecule has 0 atom stereocenters. The Balaban J connectivity index is 0.000000237. The minimum absolute atomic E-state index is 0. The van der Waals surface area contributed by atoms with Crippen LogP contribution in [0.5, 0.6) is 0 Å². The third-order valence-corrected chi connectivity index (χ3v) is 13.4. The van der Waals surface area contributed by atoms with Crippen molar-refractivity contribution in [1.29, 1.82) is 0 Å². The van der Waals surface area contributed by atoms with Crippen molar-refractivity contribution in [3.05, 3.63) is 162 Å². The molecule has 0 spiro atoms. The monoisotopic (exact) mass is 995 g/mol. The molecule has 0 aliphatic rings. The van der Waals surface area contributed by atoms with Crippen molar-refractivity contribution in [3.63, 3.8) is 0 Å². The number of pyridine rings is 2. The Labute approximate surface area is 375 Å². The minimum Gasteiger partial charge on any atom is -0.486 e. The molecule has 0 amide bonds. The molecule has 9 rings (SSSR count). The molecule has 0 N–H and O–H groups in total. The first kappa shape index (κ1) is 43.6. The van der Waals surface area contributed by atoms with Gasteiger partial charge in [-0.25, -0.2) is 4.98 Å². The second-order valence-electron chi connectivity index (χ2n) is 17.8. The van der Waals surface area contributed by atoms with E-state index in [1.54, 1.807) is 0 Å². The average molecular weight is 995 g/mol. The number of benzene rings is 5. The fourth-order valence-electron chi connectivity index (χ4n) is 7.87. The Bertz CT molecular complexity index is 2910. The van der Waals surface area contributed by atoms with Gasteiger partial charge in [0.15, 0.2) is 0 Å². The van der Waals surface area contributed by atoms with Crippen LogP contribution in [0.1, 0.15) is 81.7 Å². The smallest absolute Gasteiger partial charge is 0.216 e. The van der Waals surface area contributed by atoms with Crippen molar-refractivity contribution in [2.45, 2.75) is 85.9 Å². The summed E-state index contributed by atoms with van der Waals surface area (Å²) in [6, 6.07) is 49.5. The van der Waals surface area contributed by atoms with Gasteiger partial charge in [-0.1, -0.05) is 133 Å². The van der Waals surface area contributed by atoms with Crippen LogP contribution in [-0.4, -0.2) is 27.6 Å². The van der Waals surface area contributed by atoms with Crippen LogP contribution in [0.15, 0.2) is 132 Å². The first-order valence-corrected chi connectivity index (χ1v) is 24.7. The zero-order valence-electron chi connectivity index (χ0n) is 36.9. The van der Waals surface area contributed by atoms with Crippen LogP contribution >= 0.6 is 0 Å². The molecule has 0 saturated carbocycles. The number of aryl methyl sites for hydroxylation is 1. The molecule has 0 unspecified atom stereocenters. The van der Waals surface area contributed by atoms with Gasteiger partial charge >= 0.3 is 0 Å². The number of nitrogens with zero attached hydrogens (tertiary/aromatic N) is 4. The first-order chi connectivity index (χ1) is 28.8. The number of rotatable bonds is 8. The van der Waals surface area contributed by atoms with Gasteiger partial charge in [0.05, 0.1) is 30.5 Å². The number of hydrogen-bond donors (Lipinski definition) is 0. The van der Waals surface area contributed by atoms with E-state index in [2.05, 4.69) is 191 Å². The van der Waals surface area contributed by atoms with E-state index in [-0.39, 0.29) is 20.1 Å². The first-order valence-electron chi connectivity index (χ1n) is 21.2. The molecule has 61 heavy (non-hydrogen) atoms. The quantitative estimate of drug-likeness (QED) is 0.112. The maximum Gasteiger partial charge on any atom is 0.216 e. The normalized spacial score (nSPS) is 11.8. The van der Waals surface area contributed by atoms with E-state index >= 15 is 0 Å². The van der Waals surface area contributed by atoms with Crippen molar-refractivity contribution >= 4 is 46.4 Å².